The number of ketones is 1. The molecule has 2 aromatic carbocycles. The second-order valence-electron chi connectivity index (χ2n) is 7.32. The Bertz CT molecular complexity index is 895. The molecule has 1 atom stereocenters. The molecule has 0 aromatic heterocycles. The molecule has 0 radical (unpaired) electrons. The van der Waals surface area contributed by atoms with Crippen molar-refractivity contribution in [3.8, 4) is 17.2 Å². The zero-order valence-corrected chi connectivity index (χ0v) is 15.0. The van der Waals surface area contributed by atoms with Crippen molar-refractivity contribution >= 4 is 11.8 Å². The summed E-state index contributed by atoms with van der Waals surface area (Å²) in [6.07, 6.45) is 0.527. The van der Waals surface area contributed by atoms with E-state index in [4.69, 9.17) is 14.2 Å². The fraction of sp³-hybridized carbons (Fsp3) is 0.333. The van der Waals surface area contributed by atoms with Gasteiger partial charge in [-0.3, -0.25) is 9.59 Å². The highest BCUT2D eigenvalue weighted by Gasteiger charge is 2.39. The Morgan fingerprint density at radius 2 is 1.81 bits per heavy atom. The number of carbonyl (C=O) groups is 2. The summed E-state index contributed by atoms with van der Waals surface area (Å²) >= 11 is 0. The summed E-state index contributed by atoms with van der Waals surface area (Å²) in [5, 5.41) is 0. The third-order valence-electron chi connectivity index (χ3n) is 4.88. The van der Waals surface area contributed by atoms with Crippen LogP contribution in [0.25, 0.3) is 0 Å². The highest BCUT2D eigenvalue weighted by Crippen LogP contribution is 2.48. The van der Waals surface area contributed by atoms with E-state index in [2.05, 4.69) is 0 Å². The number of hydrogen-bond acceptors (Lipinski definition) is 5. The molecular weight excluding hydrogens is 332 g/mol. The SMILES string of the molecule is COc1ccc(C2CC(=O)Oc3ccc4c(c32)OC(C)(C)CC4=O)cc1. The van der Waals surface area contributed by atoms with Crippen LogP contribution in [0.5, 0.6) is 17.2 Å². The molecule has 5 nitrogen and oxygen atoms in total. The van der Waals surface area contributed by atoms with Gasteiger partial charge in [0.1, 0.15) is 22.8 Å². The highest BCUT2D eigenvalue weighted by molar-refractivity contribution is 6.01. The molecule has 0 aliphatic carbocycles. The smallest absolute Gasteiger partial charge is 0.312 e. The van der Waals surface area contributed by atoms with Gasteiger partial charge in [0, 0.05) is 11.5 Å². The Morgan fingerprint density at radius 3 is 2.50 bits per heavy atom. The van der Waals surface area contributed by atoms with Crippen molar-refractivity contribution in [1.29, 1.82) is 0 Å². The van der Waals surface area contributed by atoms with Crippen LogP contribution < -0.4 is 14.2 Å². The molecule has 1 unspecified atom stereocenters. The van der Waals surface area contributed by atoms with Crippen molar-refractivity contribution < 1.29 is 23.8 Å². The third-order valence-corrected chi connectivity index (χ3v) is 4.88. The number of fused-ring (bicyclic) bond motifs is 3. The maximum Gasteiger partial charge on any atom is 0.312 e. The molecule has 2 aromatic rings. The molecule has 2 aliphatic rings. The van der Waals surface area contributed by atoms with E-state index in [0.717, 1.165) is 16.9 Å². The first-order valence-corrected chi connectivity index (χ1v) is 8.62. The van der Waals surface area contributed by atoms with Crippen LogP contribution in [0.2, 0.25) is 0 Å². The molecule has 2 aliphatic heterocycles. The lowest BCUT2D eigenvalue weighted by Crippen LogP contribution is -2.37. The molecule has 0 saturated heterocycles. The number of rotatable bonds is 2. The fourth-order valence-electron chi connectivity index (χ4n) is 3.68. The Kier molecular flexibility index (Phi) is 3.75. The first-order chi connectivity index (χ1) is 12.4. The van der Waals surface area contributed by atoms with Crippen LogP contribution in [0.1, 0.15) is 54.1 Å². The lowest BCUT2D eigenvalue weighted by Gasteiger charge is -2.36. The predicted molar refractivity (Wildman–Crippen MR) is 95.2 cm³/mol. The molecule has 0 amide bonds. The van der Waals surface area contributed by atoms with Crippen LogP contribution in [-0.2, 0) is 4.79 Å². The zero-order chi connectivity index (χ0) is 18.5. The average Bonchev–Trinajstić information content (AvgIpc) is 2.59. The Morgan fingerprint density at radius 1 is 1.08 bits per heavy atom. The number of ether oxygens (including phenoxy) is 3. The normalized spacial score (nSPS) is 20.5. The molecule has 0 fully saturated rings. The molecule has 5 heteroatoms. The zero-order valence-electron chi connectivity index (χ0n) is 15.0. The quantitative estimate of drug-likeness (QED) is 0.606. The molecule has 0 N–H and O–H groups in total. The summed E-state index contributed by atoms with van der Waals surface area (Å²) in [6.45, 7) is 3.79. The van der Waals surface area contributed by atoms with Crippen molar-refractivity contribution in [1.82, 2.24) is 0 Å². The Labute approximate surface area is 151 Å². The largest absolute Gasteiger partial charge is 0.497 e. The number of methoxy groups -OCH3 is 1. The van der Waals surface area contributed by atoms with E-state index in [1.54, 1.807) is 19.2 Å². The van der Waals surface area contributed by atoms with Crippen molar-refractivity contribution in [3.05, 3.63) is 53.1 Å². The summed E-state index contributed by atoms with van der Waals surface area (Å²) in [6, 6.07) is 11.0. The van der Waals surface area contributed by atoms with Crippen molar-refractivity contribution in [2.75, 3.05) is 7.11 Å². The van der Waals surface area contributed by atoms with E-state index in [-0.39, 0.29) is 24.1 Å². The van der Waals surface area contributed by atoms with Crippen LogP contribution in [-0.4, -0.2) is 24.5 Å². The minimum atomic E-state index is -0.592. The van der Waals surface area contributed by atoms with Gasteiger partial charge < -0.3 is 14.2 Å². The molecule has 2 heterocycles. The van der Waals surface area contributed by atoms with Gasteiger partial charge in [0.25, 0.3) is 0 Å². The number of carbonyl (C=O) groups excluding carboxylic acids is 2. The van der Waals surface area contributed by atoms with Crippen LogP contribution in [0.3, 0.4) is 0 Å². The lowest BCUT2D eigenvalue weighted by atomic mass is 9.82. The maximum atomic E-state index is 12.6. The summed E-state index contributed by atoms with van der Waals surface area (Å²) < 4.78 is 16.8. The first kappa shape index (κ1) is 16.6. The minimum absolute atomic E-state index is 0.0458. The van der Waals surface area contributed by atoms with Crippen LogP contribution in [0.4, 0.5) is 0 Å². The highest BCUT2D eigenvalue weighted by atomic mass is 16.5. The van der Waals surface area contributed by atoms with Gasteiger partial charge in [-0.05, 0) is 43.7 Å². The van der Waals surface area contributed by atoms with Crippen LogP contribution in [0, 0.1) is 0 Å². The summed E-state index contributed by atoms with van der Waals surface area (Å²) in [5.41, 5.74) is 1.69. The molecule has 134 valence electrons. The lowest BCUT2D eigenvalue weighted by molar-refractivity contribution is -0.135. The molecule has 4 rings (SSSR count). The second kappa shape index (κ2) is 5.87. The number of Topliss-reactive ketones (excluding diaryl/α,β-unsaturated/α-hetero) is 1. The Balaban J connectivity index is 1.88. The van der Waals surface area contributed by atoms with E-state index < -0.39 is 5.60 Å². The standard InChI is InChI=1S/C21H20O5/c1-21(2)11-16(22)14-8-9-17-19(20(14)26-21)15(10-18(23)25-17)12-4-6-13(24-3)7-5-12/h4-9,15H,10-11H2,1-3H3. The van der Waals surface area contributed by atoms with Gasteiger partial charge in [0.2, 0.25) is 0 Å². The van der Waals surface area contributed by atoms with Crippen molar-refractivity contribution in [2.24, 2.45) is 0 Å². The first-order valence-electron chi connectivity index (χ1n) is 8.62. The molecule has 0 bridgehead atoms. The van der Waals surface area contributed by atoms with Gasteiger partial charge in [0.05, 0.1) is 25.5 Å². The average molecular weight is 352 g/mol. The minimum Gasteiger partial charge on any atom is -0.497 e. The summed E-state index contributed by atoms with van der Waals surface area (Å²) in [4.78, 5) is 24.7. The van der Waals surface area contributed by atoms with E-state index in [1.807, 2.05) is 38.1 Å². The van der Waals surface area contributed by atoms with Gasteiger partial charge in [-0.2, -0.15) is 0 Å². The summed E-state index contributed by atoms with van der Waals surface area (Å²) in [7, 11) is 1.61. The van der Waals surface area contributed by atoms with Gasteiger partial charge in [-0.15, -0.1) is 0 Å². The monoisotopic (exact) mass is 352 g/mol. The van der Waals surface area contributed by atoms with Crippen molar-refractivity contribution in [2.45, 2.75) is 38.2 Å². The van der Waals surface area contributed by atoms with Gasteiger partial charge in [-0.25, -0.2) is 0 Å². The Hall–Kier alpha value is -2.82. The molecular formula is C21H20O5. The predicted octanol–water partition coefficient (Wildman–Crippen LogP) is 3.88. The van der Waals surface area contributed by atoms with Crippen LogP contribution >= 0.6 is 0 Å². The van der Waals surface area contributed by atoms with E-state index in [0.29, 0.717) is 23.5 Å². The van der Waals surface area contributed by atoms with Crippen molar-refractivity contribution in [3.63, 3.8) is 0 Å². The molecule has 0 saturated carbocycles. The number of esters is 1. The van der Waals surface area contributed by atoms with E-state index in [9.17, 15) is 9.59 Å². The number of benzene rings is 2. The van der Waals surface area contributed by atoms with E-state index >= 15 is 0 Å². The number of hydrogen-bond donors (Lipinski definition) is 0. The summed E-state index contributed by atoms with van der Waals surface area (Å²) in [5.74, 6) is 1.27. The maximum absolute atomic E-state index is 12.6. The topological polar surface area (TPSA) is 61.8 Å². The fourth-order valence-corrected chi connectivity index (χ4v) is 3.68. The third kappa shape index (κ3) is 2.73. The van der Waals surface area contributed by atoms with Gasteiger partial charge in [0.15, 0.2) is 5.78 Å². The van der Waals surface area contributed by atoms with Gasteiger partial charge in [-0.1, -0.05) is 12.1 Å². The van der Waals surface area contributed by atoms with Crippen LogP contribution in [0.15, 0.2) is 36.4 Å². The van der Waals surface area contributed by atoms with E-state index in [1.165, 1.54) is 0 Å². The molecule has 26 heavy (non-hydrogen) atoms. The van der Waals surface area contributed by atoms with Gasteiger partial charge >= 0.3 is 5.97 Å². The molecule has 0 spiro atoms. The second-order valence-corrected chi connectivity index (χ2v) is 7.32.